The van der Waals surface area contributed by atoms with Gasteiger partial charge in [-0.25, -0.2) is 0 Å². The molecule has 1 nitrogen and oxygen atoms in total. The topological polar surface area (TPSA) is 9.23 Å². The maximum absolute atomic E-state index is 5.99. The summed E-state index contributed by atoms with van der Waals surface area (Å²) >= 11 is 0. The Kier molecular flexibility index (Phi) is 5.50. The molecule has 0 amide bonds. The first-order chi connectivity index (χ1) is 7.65. The Labute approximate surface area is 102 Å². The van der Waals surface area contributed by atoms with Gasteiger partial charge >= 0.3 is 0 Å². The van der Waals surface area contributed by atoms with Crippen molar-refractivity contribution in [1.29, 1.82) is 0 Å². The van der Waals surface area contributed by atoms with Gasteiger partial charge in [0.25, 0.3) is 0 Å². The summed E-state index contributed by atoms with van der Waals surface area (Å²) in [5, 5.41) is 1.44. The van der Waals surface area contributed by atoms with Gasteiger partial charge in [0.15, 0.2) is 0 Å². The van der Waals surface area contributed by atoms with Crippen molar-refractivity contribution in [3.63, 3.8) is 0 Å². The lowest BCUT2D eigenvalue weighted by Crippen LogP contribution is -2.18. The number of allylic oxidation sites excluding steroid dienone is 1. The van der Waals surface area contributed by atoms with Gasteiger partial charge in [-0.1, -0.05) is 35.5 Å². The van der Waals surface area contributed by atoms with E-state index in [1.807, 2.05) is 6.08 Å². The van der Waals surface area contributed by atoms with Crippen molar-refractivity contribution in [2.45, 2.75) is 38.9 Å². The second kappa shape index (κ2) is 6.66. The Hall–Kier alpha value is -0.863. The predicted octanol–water partition coefficient (Wildman–Crippen LogP) is 2.11. The van der Waals surface area contributed by atoms with Gasteiger partial charge in [-0.2, -0.15) is 0 Å². The first-order valence-corrected chi connectivity index (χ1v) is 6.97. The smallest absolute Gasteiger partial charge is 0.0798 e. The van der Waals surface area contributed by atoms with Crippen LogP contribution in [0.5, 0.6) is 0 Å². The quantitative estimate of drug-likeness (QED) is 0.541. The minimum atomic E-state index is 0.202. The molecule has 0 spiro atoms. The summed E-state index contributed by atoms with van der Waals surface area (Å²) in [5.41, 5.74) is 1.35. The van der Waals surface area contributed by atoms with Crippen LogP contribution in [0, 0.1) is 0 Å². The second-order valence-corrected chi connectivity index (χ2v) is 5.39. The highest BCUT2D eigenvalue weighted by atomic mass is 28.1. The molecule has 0 aliphatic carbocycles. The number of hydrogen-bond donors (Lipinski definition) is 0. The third-order valence-corrected chi connectivity index (χ3v) is 3.75. The van der Waals surface area contributed by atoms with Crippen molar-refractivity contribution in [1.82, 2.24) is 0 Å². The molecule has 88 valence electrons. The van der Waals surface area contributed by atoms with Gasteiger partial charge in [0.1, 0.15) is 0 Å². The molecule has 1 rings (SSSR count). The van der Waals surface area contributed by atoms with Crippen molar-refractivity contribution >= 4 is 15.4 Å². The van der Waals surface area contributed by atoms with Gasteiger partial charge in [0, 0.05) is 10.2 Å². The van der Waals surface area contributed by atoms with Crippen LogP contribution < -0.4 is 5.19 Å². The third-order valence-electron chi connectivity index (χ3n) is 2.84. The summed E-state index contributed by atoms with van der Waals surface area (Å²) in [6.45, 7) is 8.01. The molecule has 0 fully saturated rings. The van der Waals surface area contributed by atoms with Crippen LogP contribution in [-0.2, 0) is 4.74 Å². The molecule has 0 bridgehead atoms. The van der Waals surface area contributed by atoms with Crippen LogP contribution in [0.2, 0.25) is 0 Å². The summed E-state index contributed by atoms with van der Waals surface area (Å²) in [7, 11) is 1.08. The predicted molar refractivity (Wildman–Crippen MR) is 74.4 cm³/mol. The molecular formula is C14H22OSi. The van der Waals surface area contributed by atoms with Crippen molar-refractivity contribution in [2.75, 3.05) is 0 Å². The minimum absolute atomic E-state index is 0.202. The maximum Gasteiger partial charge on any atom is 0.0798 e. The van der Waals surface area contributed by atoms with Crippen molar-refractivity contribution in [3.8, 4) is 0 Å². The van der Waals surface area contributed by atoms with Gasteiger partial charge in [0.05, 0.1) is 12.2 Å². The second-order valence-electron chi connectivity index (χ2n) is 4.31. The lowest BCUT2D eigenvalue weighted by Gasteiger charge is -2.20. The largest absolute Gasteiger partial charge is 0.371 e. The third kappa shape index (κ3) is 3.95. The lowest BCUT2D eigenvalue weighted by atomic mass is 10.1. The fraction of sp³-hybridized carbons (Fsp3) is 0.429. The molecule has 16 heavy (non-hydrogen) atoms. The van der Waals surface area contributed by atoms with Crippen LogP contribution in [-0.4, -0.2) is 16.3 Å². The Morgan fingerprint density at radius 2 is 2.06 bits per heavy atom. The molecule has 2 atom stereocenters. The lowest BCUT2D eigenvalue weighted by molar-refractivity contribution is 0.00396. The number of rotatable bonds is 6. The van der Waals surface area contributed by atoms with Gasteiger partial charge in [-0.3, -0.25) is 0 Å². The molecule has 0 radical (unpaired) electrons. The number of ether oxygens (including phenoxy) is 1. The SMILES string of the molecule is C=CCCC(C)OC(C)c1ccccc1[SiH3]. The number of hydrogen-bond acceptors (Lipinski definition) is 1. The van der Waals surface area contributed by atoms with Gasteiger partial charge in [-0.05, 0) is 32.3 Å². The van der Waals surface area contributed by atoms with Crippen molar-refractivity contribution < 1.29 is 4.74 Å². The van der Waals surface area contributed by atoms with Crippen LogP contribution in [0.1, 0.15) is 38.4 Å². The zero-order valence-corrected chi connectivity index (χ0v) is 12.6. The fourth-order valence-electron chi connectivity index (χ4n) is 1.89. The Morgan fingerprint density at radius 3 is 2.69 bits per heavy atom. The average molecular weight is 234 g/mol. The molecule has 0 saturated heterocycles. The average Bonchev–Trinajstić information content (AvgIpc) is 2.26. The van der Waals surface area contributed by atoms with E-state index in [9.17, 15) is 0 Å². The first-order valence-electron chi connectivity index (χ1n) is 5.97. The summed E-state index contributed by atoms with van der Waals surface area (Å²) in [6, 6.07) is 8.55. The molecule has 1 aromatic carbocycles. The van der Waals surface area contributed by atoms with E-state index < -0.39 is 0 Å². The molecular weight excluding hydrogens is 212 g/mol. The molecule has 0 aliphatic rings. The zero-order valence-electron chi connectivity index (χ0n) is 10.6. The Balaban J connectivity index is 2.55. The molecule has 0 aliphatic heterocycles. The Bertz CT molecular complexity index is 335. The summed E-state index contributed by atoms with van der Waals surface area (Å²) in [5.74, 6) is 0. The molecule has 2 unspecified atom stereocenters. The fourth-order valence-corrected chi connectivity index (χ4v) is 2.65. The first kappa shape index (κ1) is 13.2. The molecule has 1 aromatic rings. The van der Waals surface area contributed by atoms with Crippen LogP contribution in [0.3, 0.4) is 0 Å². The van der Waals surface area contributed by atoms with E-state index in [2.05, 4.69) is 44.7 Å². The van der Waals surface area contributed by atoms with Crippen LogP contribution in [0.4, 0.5) is 0 Å². The summed E-state index contributed by atoms with van der Waals surface area (Å²) in [6.07, 6.45) is 4.53. The van der Waals surface area contributed by atoms with Gasteiger partial charge in [0.2, 0.25) is 0 Å². The van der Waals surface area contributed by atoms with Crippen LogP contribution in [0.15, 0.2) is 36.9 Å². The van der Waals surface area contributed by atoms with E-state index in [4.69, 9.17) is 4.74 Å². The highest BCUT2D eigenvalue weighted by molar-refractivity contribution is 6.33. The van der Waals surface area contributed by atoms with Gasteiger partial charge in [-0.15, -0.1) is 6.58 Å². The summed E-state index contributed by atoms with van der Waals surface area (Å²) in [4.78, 5) is 0. The highest BCUT2D eigenvalue weighted by Gasteiger charge is 2.11. The maximum atomic E-state index is 5.99. The van der Waals surface area contributed by atoms with E-state index >= 15 is 0 Å². The molecule has 2 heteroatoms. The van der Waals surface area contributed by atoms with Crippen LogP contribution >= 0.6 is 0 Å². The van der Waals surface area contributed by atoms with E-state index in [0.717, 1.165) is 23.1 Å². The zero-order chi connectivity index (χ0) is 12.0. The van der Waals surface area contributed by atoms with Crippen molar-refractivity contribution in [2.24, 2.45) is 0 Å². The van der Waals surface area contributed by atoms with E-state index in [-0.39, 0.29) is 6.10 Å². The van der Waals surface area contributed by atoms with E-state index in [1.165, 1.54) is 10.8 Å². The van der Waals surface area contributed by atoms with Gasteiger partial charge < -0.3 is 4.74 Å². The summed E-state index contributed by atoms with van der Waals surface area (Å²) < 4.78 is 5.99. The highest BCUT2D eigenvalue weighted by Crippen LogP contribution is 2.18. The van der Waals surface area contributed by atoms with E-state index in [1.54, 1.807) is 0 Å². The van der Waals surface area contributed by atoms with Crippen molar-refractivity contribution in [3.05, 3.63) is 42.5 Å². The molecule has 0 saturated carbocycles. The van der Waals surface area contributed by atoms with E-state index in [0.29, 0.717) is 6.10 Å². The molecule has 0 heterocycles. The normalized spacial score (nSPS) is 14.6. The minimum Gasteiger partial charge on any atom is -0.371 e. The standard InChI is InChI=1S/C14H22OSi/c1-4-5-8-11(2)15-12(3)13-9-6-7-10-14(13)16/h4,6-7,9-12H,1,5,8H2,2-3,16H3. The monoisotopic (exact) mass is 234 g/mol. The Morgan fingerprint density at radius 1 is 1.38 bits per heavy atom. The molecule has 0 aromatic heterocycles. The number of benzene rings is 1. The van der Waals surface area contributed by atoms with Crippen LogP contribution in [0.25, 0.3) is 0 Å². The molecule has 0 N–H and O–H groups in total.